The van der Waals surface area contributed by atoms with Crippen molar-refractivity contribution in [3.8, 4) is 5.75 Å². The quantitative estimate of drug-likeness (QED) is 0.440. The average Bonchev–Trinajstić information content (AvgIpc) is 3.41. The number of carbonyl (C=O) groups is 4. The van der Waals surface area contributed by atoms with E-state index in [1.165, 1.54) is 0 Å². The van der Waals surface area contributed by atoms with Crippen molar-refractivity contribution in [2.75, 3.05) is 6.61 Å². The largest absolute Gasteiger partial charge is 0.492 e. The molecule has 1 fully saturated rings. The van der Waals surface area contributed by atoms with Crippen LogP contribution in [-0.4, -0.2) is 63.4 Å². The lowest BCUT2D eigenvalue weighted by Crippen LogP contribution is -2.57. The van der Waals surface area contributed by atoms with E-state index < -0.39 is 35.8 Å². The van der Waals surface area contributed by atoms with Gasteiger partial charge in [0.05, 0.1) is 19.3 Å². The summed E-state index contributed by atoms with van der Waals surface area (Å²) in [6.07, 6.45) is 6.79. The SMILES string of the molecule is CC(C)C[C@H]1NC(=O)[C@@H](C)NC(=O)[C@H](C2CCCCC2)NC(=O)c2cccc(c2)OCCn2cc(nn2)CNC1=O. The van der Waals surface area contributed by atoms with E-state index >= 15 is 0 Å². The summed E-state index contributed by atoms with van der Waals surface area (Å²) in [4.78, 5) is 53.0. The highest BCUT2D eigenvalue weighted by molar-refractivity contribution is 5.99. The van der Waals surface area contributed by atoms with Crippen LogP contribution in [0, 0.1) is 11.8 Å². The summed E-state index contributed by atoms with van der Waals surface area (Å²) < 4.78 is 7.47. The minimum atomic E-state index is -0.918. The first-order chi connectivity index (χ1) is 19.7. The van der Waals surface area contributed by atoms with E-state index in [9.17, 15) is 19.2 Å². The van der Waals surface area contributed by atoms with Gasteiger partial charge in [0.1, 0.15) is 36.2 Å². The minimum absolute atomic E-state index is 0.0455. The molecule has 2 aromatic rings. The van der Waals surface area contributed by atoms with Crippen molar-refractivity contribution < 1.29 is 23.9 Å². The molecule has 0 spiro atoms. The third-order valence-corrected chi connectivity index (χ3v) is 7.50. The van der Waals surface area contributed by atoms with E-state index in [0.717, 1.165) is 32.1 Å². The molecular formula is C29H41N7O5. The third-order valence-electron chi connectivity index (χ3n) is 7.50. The van der Waals surface area contributed by atoms with Gasteiger partial charge < -0.3 is 26.0 Å². The Morgan fingerprint density at radius 2 is 1.78 bits per heavy atom. The molecule has 41 heavy (non-hydrogen) atoms. The molecule has 1 aromatic heterocycles. The maximum atomic E-state index is 13.5. The Labute approximate surface area is 240 Å². The second-order valence-corrected chi connectivity index (χ2v) is 11.3. The molecule has 1 saturated carbocycles. The van der Waals surface area contributed by atoms with Gasteiger partial charge in [-0.25, -0.2) is 4.68 Å². The van der Waals surface area contributed by atoms with E-state index in [1.54, 1.807) is 42.1 Å². The van der Waals surface area contributed by atoms with E-state index in [-0.39, 0.29) is 30.9 Å². The van der Waals surface area contributed by atoms with Crippen molar-refractivity contribution in [3.05, 3.63) is 41.7 Å². The van der Waals surface area contributed by atoms with Crippen molar-refractivity contribution in [1.29, 1.82) is 0 Å². The van der Waals surface area contributed by atoms with E-state index in [2.05, 4.69) is 31.6 Å². The van der Waals surface area contributed by atoms with Gasteiger partial charge in [-0.15, -0.1) is 5.10 Å². The first-order valence-corrected chi connectivity index (χ1v) is 14.5. The molecule has 4 bridgehead atoms. The lowest BCUT2D eigenvalue weighted by atomic mass is 9.83. The molecule has 0 saturated heterocycles. The Morgan fingerprint density at radius 3 is 2.54 bits per heavy atom. The number of carbonyl (C=O) groups excluding carboxylic acids is 4. The number of nitrogens with one attached hydrogen (secondary N) is 4. The van der Waals surface area contributed by atoms with Crippen LogP contribution in [0.4, 0.5) is 0 Å². The van der Waals surface area contributed by atoms with E-state index in [4.69, 9.17) is 4.74 Å². The molecule has 4 N–H and O–H groups in total. The van der Waals surface area contributed by atoms with E-state index in [0.29, 0.717) is 30.0 Å². The van der Waals surface area contributed by atoms with Crippen LogP contribution in [0.1, 0.15) is 75.3 Å². The van der Waals surface area contributed by atoms with Gasteiger partial charge >= 0.3 is 0 Å². The summed E-state index contributed by atoms with van der Waals surface area (Å²) in [5.41, 5.74) is 0.934. The fourth-order valence-corrected chi connectivity index (χ4v) is 5.27. The standard InChI is InChI=1S/C29H41N7O5/c1-18(2)14-24-28(39)30-16-22-17-36(35-34-22)12-13-41-23-11-7-10-21(15-23)27(38)33-25(20-8-5-4-6-9-20)29(40)31-19(3)26(37)32-24/h7,10-11,15,17-20,24-25H,4-6,8-9,12-14,16H2,1-3H3,(H,30,39)(H,31,40)(H,32,37)(H,33,38)/t19-,24-,25+/m1/s1. The zero-order valence-electron chi connectivity index (χ0n) is 24.0. The Balaban J connectivity index is 1.59. The Hall–Kier alpha value is -3.96. The third kappa shape index (κ3) is 8.51. The van der Waals surface area contributed by atoms with E-state index in [1.807, 2.05) is 13.8 Å². The molecule has 4 rings (SSSR count). The number of rotatable bonds is 3. The average molecular weight is 568 g/mol. The zero-order valence-corrected chi connectivity index (χ0v) is 24.0. The first-order valence-electron chi connectivity index (χ1n) is 14.5. The highest BCUT2D eigenvalue weighted by atomic mass is 16.5. The maximum Gasteiger partial charge on any atom is 0.252 e. The van der Waals surface area contributed by atoms with Gasteiger partial charge in [-0.3, -0.25) is 19.2 Å². The first kappa shape index (κ1) is 30.0. The summed E-state index contributed by atoms with van der Waals surface area (Å²) in [6, 6.07) is 4.29. The van der Waals surface area contributed by atoms with Gasteiger partial charge in [-0.2, -0.15) is 0 Å². The predicted octanol–water partition coefficient (Wildman–Crippen LogP) is 1.70. The molecule has 12 nitrogen and oxygen atoms in total. The lowest BCUT2D eigenvalue weighted by molar-refractivity contribution is -0.133. The highest BCUT2D eigenvalue weighted by Gasteiger charge is 2.33. The molecule has 12 heteroatoms. The molecule has 1 aliphatic heterocycles. The van der Waals surface area contributed by atoms with Crippen LogP contribution in [0.5, 0.6) is 5.75 Å². The molecular weight excluding hydrogens is 526 g/mol. The fourth-order valence-electron chi connectivity index (χ4n) is 5.27. The minimum Gasteiger partial charge on any atom is -0.492 e. The van der Waals surface area contributed by atoms with Crippen LogP contribution >= 0.6 is 0 Å². The fraction of sp³-hybridized carbons (Fsp3) is 0.586. The number of benzene rings is 1. The Kier molecular flexibility index (Phi) is 10.3. The Morgan fingerprint density at radius 1 is 1.00 bits per heavy atom. The van der Waals surface area contributed by atoms with Crippen LogP contribution in [0.3, 0.4) is 0 Å². The number of aromatic nitrogens is 3. The molecule has 3 atom stereocenters. The molecule has 2 aliphatic rings. The molecule has 1 aliphatic carbocycles. The monoisotopic (exact) mass is 567 g/mol. The summed E-state index contributed by atoms with van der Waals surface area (Å²) in [5, 5.41) is 19.5. The number of ether oxygens (including phenoxy) is 1. The number of hydrogen-bond donors (Lipinski definition) is 4. The molecule has 0 unspecified atom stereocenters. The van der Waals surface area contributed by atoms with Gasteiger partial charge in [-0.1, -0.05) is 44.4 Å². The van der Waals surface area contributed by atoms with Crippen molar-refractivity contribution in [2.45, 2.75) is 90.5 Å². The van der Waals surface area contributed by atoms with Crippen LogP contribution in [-0.2, 0) is 27.5 Å². The normalized spacial score (nSPS) is 23.9. The lowest BCUT2D eigenvalue weighted by Gasteiger charge is -2.31. The van der Waals surface area contributed by atoms with Gasteiger partial charge in [0.15, 0.2) is 0 Å². The second kappa shape index (κ2) is 14.1. The smallest absolute Gasteiger partial charge is 0.252 e. The van der Waals surface area contributed by atoms with Crippen LogP contribution in [0.2, 0.25) is 0 Å². The molecule has 2 heterocycles. The number of nitrogens with zero attached hydrogens (tertiary/aromatic N) is 3. The number of amides is 4. The zero-order chi connectivity index (χ0) is 29.4. The number of fused-ring (bicyclic) bond motifs is 4. The van der Waals surface area contributed by atoms with Crippen molar-refractivity contribution >= 4 is 23.6 Å². The van der Waals surface area contributed by atoms with Crippen LogP contribution in [0.15, 0.2) is 30.5 Å². The second-order valence-electron chi connectivity index (χ2n) is 11.3. The molecule has 1 aromatic carbocycles. The summed E-state index contributed by atoms with van der Waals surface area (Å²) in [6.45, 7) is 6.34. The molecule has 222 valence electrons. The van der Waals surface area contributed by atoms with Gasteiger partial charge in [0.25, 0.3) is 5.91 Å². The van der Waals surface area contributed by atoms with Gasteiger partial charge in [0.2, 0.25) is 17.7 Å². The maximum absolute atomic E-state index is 13.5. The molecule has 0 radical (unpaired) electrons. The molecule has 4 amide bonds. The van der Waals surface area contributed by atoms with Crippen molar-refractivity contribution in [3.63, 3.8) is 0 Å². The topological polar surface area (TPSA) is 156 Å². The summed E-state index contributed by atoms with van der Waals surface area (Å²) >= 11 is 0. The van der Waals surface area contributed by atoms with Crippen molar-refractivity contribution in [1.82, 2.24) is 36.3 Å². The van der Waals surface area contributed by atoms with Crippen LogP contribution in [0.25, 0.3) is 0 Å². The predicted molar refractivity (Wildman–Crippen MR) is 151 cm³/mol. The summed E-state index contributed by atoms with van der Waals surface area (Å²) in [7, 11) is 0. The number of hydrogen-bond acceptors (Lipinski definition) is 7. The summed E-state index contributed by atoms with van der Waals surface area (Å²) in [5.74, 6) is -1.03. The van der Waals surface area contributed by atoms with Gasteiger partial charge in [0, 0.05) is 5.56 Å². The van der Waals surface area contributed by atoms with Crippen LogP contribution < -0.4 is 26.0 Å². The van der Waals surface area contributed by atoms with Crippen molar-refractivity contribution in [2.24, 2.45) is 11.8 Å². The Bertz CT molecular complexity index is 1220. The van der Waals surface area contributed by atoms with Gasteiger partial charge in [-0.05, 0) is 56.2 Å². The highest BCUT2D eigenvalue weighted by Crippen LogP contribution is 2.27.